The van der Waals surface area contributed by atoms with Crippen molar-refractivity contribution in [2.24, 2.45) is 0 Å². The van der Waals surface area contributed by atoms with Crippen LogP contribution in [0.4, 0.5) is 10.1 Å². The number of amides is 2. The van der Waals surface area contributed by atoms with Gasteiger partial charge in [-0.25, -0.2) is 12.8 Å². The zero-order chi connectivity index (χ0) is 34.8. The lowest BCUT2D eigenvalue weighted by Crippen LogP contribution is -2.55. The highest BCUT2D eigenvalue weighted by Gasteiger charge is 2.35. The molecule has 1 saturated carbocycles. The molecule has 1 aliphatic carbocycles. The molecule has 1 atom stereocenters. The van der Waals surface area contributed by atoms with E-state index in [4.69, 9.17) is 4.74 Å². The zero-order valence-electron chi connectivity index (χ0n) is 27.4. The Labute approximate surface area is 296 Å². The third kappa shape index (κ3) is 9.70. The third-order valence-electron chi connectivity index (χ3n) is 8.58. The summed E-state index contributed by atoms with van der Waals surface area (Å²) in [5, 5.41) is 3.21. The van der Waals surface area contributed by atoms with Crippen LogP contribution < -0.4 is 14.4 Å². The van der Waals surface area contributed by atoms with Crippen LogP contribution in [0.15, 0.2) is 112 Å². The van der Waals surface area contributed by atoms with Crippen molar-refractivity contribution in [2.75, 3.05) is 17.5 Å². The predicted octanol–water partition coefficient (Wildman–Crippen LogP) is 7.27. The van der Waals surface area contributed by atoms with Crippen LogP contribution in [0.3, 0.4) is 0 Å². The van der Waals surface area contributed by atoms with Crippen molar-refractivity contribution in [1.29, 1.82) is 0 Å². The number of ether oxygens (including phenoxy) is 1. The van der Waals surface area contributed by atoms with Crippen molar-refractivity contribution >= 4 is 43.5 Å². The third-order valence-corrected chi connectivity index (χ3v) is 10.9. The number of benzene rings is 4. The smallest absolute Gasteiger partial charge is 0.264 e. The van der Waals surface area contributed by atoms with Gasteiger partial charge in [-0.2, -0.15) is 0 Å². The number of hydrogen-bond acceptors (Lipinski definition) is 5. The van der Waals surface area contributed by atoms with Crippen LogP contribution in [0, 0.1) is 5.82 Å². The molecule has 5 rings (SSSR count). The van der Waals surface area contributed by atoms with E-state index in [0.717, 1.165) is 64.1 Å². The molecular formula is C38H41BrFN3O5S. The van der Waals surface area contributed by atoms with E-state index in [1.807, 2.05) is 61.5 Å². The second-order valence-corrected chi connectivity index (χ2v) is 14.9. The van der Waals surface area contributed by atoms with Crippen LogP contribution in [0.2, 0.25) is 0 Å². The second kappa shape index (κ2) is 16.9. The summed E-state index contributed by atoms with van der Waals surface area (Å²) < 4.78 is 49.8. The Morgan fingerprint density at radius 3 is 2.22 bits per heavy atom. The van der Waals surface area contributed by atoms with Gasteiger partial charge in [0.25, 0.3) is 10.0 Å². The lowest BCUT2D eigenvalue weighted by Gasteiger charge is -2.35. The van der Waals surface area contributed by atoms with E-state index in [9.17, 15) is 22.4 Å². The fourth-order valence-electron chi connectivity index (χ4n) is 6.07. The number of halogens is 2. The molecule has 0 radical (unpaired) electrons. The number of hydrogen-bond donors (Lipinski definition) is 1. The largest absolute Gasteiger partial charge is 0.494 e. The van der Waals surface area contributed by atoms with Gasteiger partial charge >= 0.3 is 0 Å². The van der Waals surface area contributed by atoms with Crippen molar-refractivity contribution in [3.63, 3.8) is 0 Å². The number of rotatable bonds is 14. The van der Waals surface area contributed by atoms with Crippen LogP contribution in [-0.4, -0.2) is 50.4 Å². The number of nitrogens with zero attached hydrogens (tertiary/aromatic N) is 2. The maximum atomic E-state index is 14.7. The van der Waals surface area contributed by atoms with Gasteiger partial charge in [0.05, 0.1) is 17.2 Å². The van der Waals surface area contributed by atoms with Crippen LogP contribution in [0.25, 0.3) is 0 Å². The molecule has 1 fully saturated rings. The number of sulfonamides is 1. The van der Waals surface area contributed by atoms with Crippen LogP contribution >= 0.6 is 15.9 Å². The minimum atomic E-state index is -4.33. The SMILES string of the molecule is CCOc1ccc(S(=O)(=O)N(CC(=O)N(Cc2cccc(Br)c2)[C@H](Cc2ccccc2)C(=O)NC2CCCCC2)c2ccc(F)cc2)cc1. The summed E-state index contributed by atoms with van der Waals surface area (Å²) in [6, 6.07) is 26.8. The van der Waals surface area contributed by atoms with E-state index in [0.29, 0.717) is 12.4 Å². The van der Waals surface area contributed by atoms with E-state index in [1.54, 1.807) is 12.1 Å². The minimum Gasteiger partial charge on any atom is -0.494 e. The molecule has 0 aromatic heterocycles. The van der Waals surface area contributed by atoms with Gasteiger partial charge in [-0.3, -0.25) is 13.9 Å². The van der Waals surface area contributed by atoms with Gasteiger partial charge in [0.2, 0.25) is 11.8 Å². The van der Waals surface area contributed by atoms with Gasteiger partial charge in [0.1, 0.15) is 24.2 Å². The molecule has 0 spiro atoms. The lowest BCUT2D eigenvalue weighted by atomic mass is 9.94. The van der Waals surface area contributed by atoms with E-state index in [1.165, 1.54) is 29.2 Å². The van der Waals surface area contributed by atoms with E-state index < -0.39 is 34.3 Å². The molecule has 0 aliphatic heterocycles. The lowest BCUT2D eigenvalue weighted by molar-refractivity contribution is -0.140. The minimum absolute atomic E-state index is 0.00176. The molecular weight excluding hydrogens is 709 g/mol. The Kier molecular flexibility index (Phi) is 12.5. The quantitative estimate of drug-likeness (QED) is 0.146. The number of carbonyl (C=O) groups is 2. The predicted molar refractivity (Wildman–Crippen MR) is 192 cm³/mol. The molecule has 258 valence electrons. The maximum Gasteiger partial charge on any atom is 0.264 e. The summed E-state index contributed by atoms with van der Waals surface area (Å²) in [4.78, 5) is 30.3. The van der Waals surface area contributed by atoms with Crippen LogP contribution in [0.1, 0.15) is 50.2 Å². The van der Waals surface area contributed by atoms with Crippen molar-refractivity contribution in [3.8, 4) is 5.75 Å². The molecule has 1 N–H and O–H groups in total. The van der Waals surface area contributed by atoms with Gasteiger partial charge in [0, 0.05) is 23.5 Å². The Morgan fingerprint density at radius 2 is 1.57 bits per heavy atom. The Morgan fingerprint density at radius 1 is 0.898 bits per heavy atom. The molecule has 0 heterocycles. The standard InChI is InChI=1S/C38H41BrFN3O5S/c1-2-48-34-20-22-35(23-21-34)49(46,47)43(33-18-16-31(40)17-19-33)27-37(44)42(26-29-12-9-13-30(39)24-29)36(25-28-10-5-3-6-11-28)38(45)41-32-14-7-4-8-15-32/h3,5-6,9-13,16-24,32,36H,2,4,7-8,14-15,25-27H2,1H3,(H,41,45)/t36-/m1/s1. The Bertz CT molecular complexity index is 1800. The van der Waals surface area contributed by atoms with Gasteiger partial charge in [0.15, 0.2) is 0 Å². The Balaban J connectivity index is 1.55. The molecule has 4 aromatic rings. The molecule has 4 aromatic carbocycles. The average Bonchev–Trinajstić information content (AvgIpc) is 3.10. The van der Waals surface area contributed by atoms with Crippen molar-refractivity contribution < 1.29 is 27.1 Å². The molecule has 0 unspecified atom stereocenters. The first-order valence-electron chi connectivity index (χ1n) is 16.5. The Hall–Kier alpha value is -4.22. The molecule has 49 heavy (non-hydrogen) atoms. The van der Waals surface area contributed by atoms with Crippen molar-refractivity contribution in [1.82, 2.24) is 10.2 Å². The van der Waals surface area contributed by atoms with Gasteiger partial charge < -0.3 is 15.0 Å². The molecule has 1 aliphatic rings. The number of nitrogens with one attached hydrogen (secondary N) is 1. The summed E-state index contributed by atoms with van der Waals surface area (Å²) in [5.74, 6) is -0.925. The van der Waals surface area contributed by atoms with Crippen LogP contribution in [-0.2, 0) is 32.6 Å². The van der Waals surface area contributed by atoms with Gasteiger partial charge in [-0.1, -0.05) is 77.7 Å². The first kappa shape index (κ1) is 36.1. The maximum absolute atomic E-state index is 14.7. The summed E-state index contributed by atoms with van der Waals surface area (Å²) in [6.07, 6.45) is 5.11. The molecule has 11 heteroatoms. The zero-order valence-corrected chi connectivity index (χ0v) is 29.8. The van der Waals surface area contributed by atoms with E-state index in [2.05, 4.69) is 21.2 Å². The number of carbonyl (C=O) groups excluding carboxylic acids is 2. The summed E-state index contributed by atoms with van der Waals surface area (Å²) in [7, 11) is -4.33. The average molecular weight is 751 g/mol. The fourth-order valence-corrected chi connectivity index (χ4v) is 7.93. The first-order chi connectivity index (χ1) is 23.6. The fraction of sp³-hybridized carbons (Fsp3) is 0.316. The summed E-state index contributed by atoms with van der Waals surface area (Å²) >= 11 is 3.51. The van der Waals surface area contributed by atoms with E-state index >= 15 is 0 Å². The highest BCUT2D eigenvalue weighted by Crippen LogP contribution is 2.27. The second-order valence-electron chi connectivity index (χ2n) is 12.1. The molecule has 8 nitrogen and oxygen atoms in total. The summed E-state index contributed by atoms with van der Waals surface area (Å²) in [5.41, 5.74) is 1.72. The molecule has 0 bridgehead atoms. The van der Waals surface area contributed by atoms with E-state index in [-0.39, 0.29) is 35.5 Å². The highest BCUT2D eigenvalue weighted by atomic mass is 79.9. The van der Waals surface area contributed by atoms with Crippen molar-refractivity contribution in [3.05, 3.63) is 125 Å². The normalized spacial score (nSPS) is 14.1. The number of anilines is 1. The molecule has 2 amide bonds. The van der Waals surface area contributed by atoms with Crippen molar-refractivity contribution in [2.45, 2.75) is 69.0 Å². The molecule has 0 saturated heterocycles. The first-order valence-corrected chi connectivity index (χ1v) is 18.8. The summed E-state index contributed by atoms with van der Waals surface area (Å²) in [6.45, 7) is 1.66. The topological polar surface area (TPSA) is 96.0 Å². The van der Waals surface area contributed by atoms with Crippen LogP contribution in [0.5, 0.6) is 5.75 Å². The van der Waals surface area contributed by atoms with Gasteiger partial charge in [-0.15, -0.1) is 0 Å². The highest BCUT2D eigenvalue weighted by molar-refractivity contribution is 9.10. The monoisotopic (exact) mass is 749 g/mol. The van der Waals surface area contributed by atoms with Gasteiger partial charge in [-0.05, 0) is 91.6 Å².